The molecule has 2 heterocycles. The van der Waals surface area contributed by atoms with Crippen molar-refractivity contribution >= 4 is 51.5 Å². The zero-order valence-corrected chi connectivity index (χ0v) is 14.7. The molecule has 10 heteroatoms. The van der Waals surface area contributed by atoms with Gasteiger partial charge in [0.25, 0.3) is 5.91 Å². The maximum Gasteiger partial charge on any atom is 0.289 e. The fraction of sp³-hybridized carbons (Fsp3) is 0.615. The van der Waals surface area contributed by atoms with E-state index in [1.54, 1.807) is 12.3 Å². The van der Waals surface area contributed by atoms with E-state index < -0.39 is 21.6 Å². The first-order valence-electron chi connectivity index (χ1n) is 7.10. The van der Waals surface area contributed by atoms with E-state index in [0.717, 1.165) is 18.2 Å². The highest BCUT2D eigenvalue weighted by atomic mass is 35.5. The molecule has 3 rings (SSSR count). The molecule has 126 valence electrons. The highest BCUT2D eigenvalue weighted by molar-refractivity contribution is 7.13. The molecule has 23 heavy (non-hydrogen) atoms. The molecule has 0 aromatic carbocycles. The largest absolute Gasteiger partial charge is 0.378 e. The highest BCUT2D eigenvalue weighted by Gasteiger charge is 2.68. The minimum absolute atomic E-state index is 0.251. The zero-order chi connectivity index (χ0) is 16.7. The van der Waals surface area contributed by atoms with Crippen molar-refractivity contribution in [1.29, 1.82) is 0 Å². The van der Waals surface area contributed by atoms with E-state index >= 15 is 0 Å². The Morgan fingerprint density at radius 3 is 2.61 bits per heavy atom. The maximum atomic E-state index is 12.1. The van der Waals surface area contributed by atoms with Crippen molar-refractivity contribution in [2.75, 3.05) is 31.2 Å². The lowest BCUT2D eigenvalue weighted by molar-refractivity contribution is -0.126. The van der Waals surface area contributed by atoms with Gasteiger partial charge in [-0.1, -0.05) is 0 Å². The molecule has 1 saturated carbocycles. The monoisotopic (exact) mass is 378 g/mol. The number of amides is 2. The molecular formula is C13H16Cl2N4O3S. The Balaban J connectivity index is 1.55. The number of nitrogens with zero attached hydrogens (tertiary/aromatic N) is 2. The van der Waals surface area contributed by atoms with Crippen LogP contribution in [0.5, 0.6) is 0 Å². The van der Waals surface area contributed by atoms with Gasteiger partial charge >= 0.3 is 0 Å². The van der Waals surface area contributed by atoms with Gasteiger partial charge in [-0.25, -0.2) is 4.98 Å². The second kappa shape index (κ2) is 6.08. The number of carbonyl (C=O) groups excluding carboxylic acids is 2. The summed E-state index contributed by atoms with van der Waals surface area (Å²) in [5.74, 6) is -0.896. The molecule has 0 radical (unpaired) electrons. The number of morpholine rings is 1. The van der Waals surface area contributed by atoms with Crippen molar-refractivity contribution in [3.8, 4) is 0 Å². The Morgan fingerprint density at radius 2 is 2.00 bits per heavy atom. The molecule has 1 aromatic rings. The summed E-state index contributed by atoms with van der Waals surface area (Å²) in [5, 5.41) is 2.41. The Bertz CT molecular complexity index is 632. The fourth-order valence-corrected chi connectivity index (χ4v) is 3.80. The molecule has 1 aliphatic carbocycles. The molecule has 1 aromatic heterocycles. The number of hydrogen-bond donors (Lipinski definition) is 2. The molecule has 2 N–H and O–H groups in total. The van der Waals surface area contributed by atoms with Crippen LogP contribution in [0, 0.1) is 5.41 Å². The van der Waals surface area contributed by atoms with E-state index in [1.807, 2.05) is 0 Å². The lowest BCUT2D eigenvalue weighted by Crippen LogP contribution is -2.46. The second-order valence-electron chi connectivity index (χ2n) is 5.74. The van der Waals surface area contributed by atoms with E-state index in [9.17, 15) is 9.59 Å². The molecule has 2 fully saturated rings. The minimum atomic E-state index is -1.08. The lowest BCUT2D eigenvalue weighted by atomic mass is 10.1. The molecular weight excluding hydrogens is 363 g/mol. The van der Waals surface area contributed by atoms with Crippen LogP contribution in [0.3, 0.4) is 0 Å². The second-order valence-corrected chi connectivity index (χ2v) is 8.06. The maximum absolute atomic E-state index is 12.1. The average Bonchev–Trinajstić information content (AvgIpc) is 2.92. The minimum Gasteiger partial charge on any atom is -0.378 e. The van der Waals surface area contributed by atoms with Gasteiger partial charge in [-0.2, -0.15) is 0 Å². The van der Waals surface area contributed by atoms with Gasteiger partial charge in [-0.3, -0.25) is 20.4 Å². The number of halogens is 2. The summed E-state index contributed by atoms with van der Waals surface area (Å²) in [6.07, 6.45) is 0.350. The molecule has 0 bridgehead atoms. The SMILES string of the molecule is C[C@@]1(C(=O)NNC(=O)c2csc(N3CCOCC3)n2)CC1(Cl)Cl. The number of aromatic nitrogens is 1. The summed E-state index contributed by atoms with van der Waals surface area (Å²) in [4.78, 5) is 30.4. The molecule has 7 nitrogen and oxygen atoms in total. The van der Waals surface area contributed by atoms with Gasteiger partial charge in [-0.05, 0) is 13.3 Å². The van der Waals surface area contributed by atoms with Crippen molar-refractivity contribution in [1.82, 2.24) is 15.8 Å². The molecule has 1 aliphatic heterocycles. The zero-order valence-electron chi connectivity index (χ0n) is 12.4. The highest BCUT2D eigenvalue weighted by Crippen LogP contribution is 2.63. The van der Waals surface area contributed by atoms with Crippen LogP contribution in [0.1, 0.15) is 23.8 Å². The Labute approximate surface area is 147 Å². The number of hydrogen-bond acceptors (Lipinski definition) is 6. The summed E-state index contributed by atoms with van der Waals surface area (Å²) < 4.78 is 4.20. The number of thiazole rings is 1. The van der Waals surface area contributed by atoms with Crippen molar-refractivity contribution in [3.63, 3.8) is 0 Å². The van der Waals surface area contributed by atoms with E-state index in [0.29, 0.717) is 19.6 Å². The van der Waals surface area contributed by atoms with Gasteiger partial charge in [0.1, 0.15) is 10.0 Å². The van der Waals surface area contributed by atoms with E-state index in [2.05, 4.69) is 20.7 Å². The number of hydrazine groups is 1. The first-order chi connectivity index (χ1) is 10.8. The third kappa shape index (κ3) is 3.26. The quantitative estimate of drug-likeness (QED) is 0.612. The third-order valence-corrected chi connectivity index (χ3v) is 6.06. The van der Waals surface area contributed by atoms with Gasteiger partial charge < -0.3 is 9.64 Å². The van der Waals surface area contributed by atoms with Crippen LogP contribution in [0.25, 0.3) is 0 Å². The van der Waals surface area contributed by atoms with Gasteiger partial charge in [0.2, 0.25) is 5.91 Å². The van der Waals surface area contributed by atoms with Crippen LogP contribution in [0.4, 0.5) is 5.13 Å². The lowest BCUT2D eigenvalue weighted by Gasteiger charge is -2.25. The first kappa shape index (κ1) is 16.8. The van der Waals surface area contributed by atoms with Gasteiger partial charge in [0.05, 0.1) is 18.6 Å². The number of carbonyl (C=O) groups is 2. The molecule has 2 amide bonds. The third-order valence-electron chi connectivity index (χ3n) is 4.05. The van der Waals surface area contributed by atoms with Crippen LogP contribution >= 0.6 is 34.5 Å². The number of rotatable bonds is 3. The summed E-state index contributed by atoms with van der Waals surface area (Å²) >= 11 is 13.2. The normalized spacial score (nSPS) is 25.8. The molecule has 1 atom stereocenters. The van der Waals surface area contributed by atoms with Crippen LogP contribution in [-0.2, 0) is 9.53 Å². The Morgan fingerprint density at radius 1 is 1.35 bits per heavy atom. The van der Waals surface area contributed by atoms with Crippen LogP contribution in [0.2, 0.25) is 0 Å². The Kier molecular flexibility index (Phi) is 4.43. The van der Waals surface area contributed by atoms with Gasteiger partial charge in [-0.15, -0.1) is 34.5 Å². The number of alkyl halides is 2. The van der Waals surface area contributed by atoms with Crippen LogP contribution in [0.15, 0.2) is 5.38 Å². The molecule has 0 unspecified atom stereocenters. The van der Waals surface area contributed by atoms with Crippen LogP contribution < -0.4 is 15.8 Å². The topological polar surface area (TPSA) is 83.6 Å². The van der Waals surface area contributed by atoms with E-state index in [4.69, 9.17) is 27.9 Å². The molecule has 2 aliphatic rings. The fourth-order valence-electron chi connectivity index (χ4n) is 2.23. The smallest absolute Gasteiger partial charge is 0.289 e. The number of nitrogens with one attached hydrogen (secondary N) is 2. The summed E-state index contributed by atoms with van der Waals surface area (Å²) in [5.41, 5.74) is 4.06. The molecule has 0 spiro atoms. The summed E-state index contributed by atoms with van der Waals surface area (Å²) in [6, 6.07) is 0. The van der Waals surface area contributed by atoms with Crippen molar-refractivity contribution in [3.05, 3.63) is 11.1 Å². The predicted molar refractivity (Wildman–Crippen MR) is 87.9 cm³/mol. The molecule has 1 saturated heterocycles. The number of ether oxygens (including phenoxy) is 1. The summed E-state index contributed by atoms with van der Waals surface area (Å²) in [6.45, 7) is 4.44. The van der Waals surface area contributed by atoms with Crippen molar-refractivity contribution < 1.29 is 14.3 Å². The van der Waals surface area contributed by atoms with Crippen molar-refractivity contribution in [2.24, 2.45) is 5.41 Å². The standard InChI is InChI=1S/C13H16Cl2N4O3S/c1-12(7-13(12,14)15)10(21)18-17-9(20)8-6-23-11(16-8)19-2-4-22-5-3-19/h6H,2-5,7H2,1H3,(H,17,20)(H,18,21)/t12-/m0/s1. The average molecular weight is 379 g/mol. The van der Waals surface area contributed by atoms with E-state index in [1.165, 1.54) is 11.3 Å². The summed E-state index contributed by atoms with van der Waals surface area (Å²) in [7, 11) is 0. The predicted octanol–water partition coefficient (Wildman–Crippen LogP) is 1.32. The first-order valence-corrected chi connectivity index (χ1v) is 8.74. The van der Waals surface area contributed by atoms with Crippen molar-refractivity contribution in [2.45, 2.75) is 17.7 Å². The number of anilines is 1. The van der Waals surface area contributed by atoms with E-state index in [-0.39, 0.29) is 5.69 Å². The van der Waals surface area contributed by atoms with Crippen LogP contribution in [-0.4, -0.2) is 47.4 Å². The van der Waals surface area contributed by atoms with Gasteiger partial charge in [0.15, 0.2) is 5.13 Å². The van der Waals surface area contributed by atoms with Gasteiger partial charge in [0, 0.05) is 18.5 Å². The Hall–Kier alpha value is -1.09.